The minimum Gasteiger partial charge on any atom is -0.480 e. The zero-order valence-electron chi connectivity index (χ0n) is 20.9. The smallest absolute Gasteiger partial charge is 0.321 e. The lowest BCUT2D eigenvalue weighted by molar-refractivity contribution is -0.142. The molecule has 1 atom stereocenters. The van der Waals surface area contributed by atoms with Crippen molar-refractivity contribution in [2.45, 2.75) is 116 Å². The Labute approximate surface area is 191 Å². The highest BCUT2D eigenvalue weighted by molar-refractivity contribution is 5.73. The summed E-state index contributed by atoms with van der Waals surface area (Å²) in [6.45, 7) is 2.28. The van der Waals surface area contributed by atoms with Crippen LogP contribution in [0.3, 0.4) is 0 Å². The summed E-state index contributed by atoms with van der Waals surface area (Å²) in [5.74, 6) is 0.283. The number of carboxylic acids is 1. The third-order valence-corrected chi connectivity index (χ3v) is 6.09. The van der Waals surface area contributed by atoms with Gasteiger partial charge < -0.3 is 15.8 Å². The molecular formula is C25H50N4O2. The second-order valence-electron chi connectivity index (χ2n) is 9.13. The summed E-state index contributed by atoms with van der Waals surface area (Å²) in [6, 6.07) is -0.520. The van der Waals surface area contributed by atoms with Gasteiger partial charge in [-0.3, -0.25) is 9.69 Å². The van der Waals surface area contributed by atoms with Crippen LogP contribution in [0.15, 0.2) is 6.20 Å². The summed E-state index contributed by atoms with van der Waals surface area (Å²) in [6.07, 6.45) is 22.6. The number of unbranched alkanes of at least 4 members (excludes halogenated alkanes) is 13. The Balaban J connectivity index is 0.00000900. The van der Waals surface area contributed by atoms with Gasteiger partial charge in [-0.05, 0) is 20.5 Å². The summed E-state index contributed by atoms with van der Waals surface area (Å²) in [5.41, 5.74) is 0.874. The van der Waals surface area contributed by atoms with Gasteiger partial charge in [0.15, 0.2) is 0 Å². The Bertz CT molecular complexity index is 572. The second-order valence-corrected chi connectivity index (χ2v) is 9.13. The molecule has 1 heterocycles. The number of nitrogens with zero attached hydrogens (tertiary/aromatic N) is 3. The number of hydrogen-bond acceptors (Lipinski definition) is 4. The minimum atomic E-state index is -0.792. The molecule has 0 fully saturated rings. The molecule has 6 nitrogen and oxygen atoms in total. The number of aromatic nitrogens is 2. The Morgan fingerprint density at radius 1 is 0.935 bits per heavy atom. The van der Waals surface area contributed by atoms with E-state index >= 15 is 0 Å². The molecule has 1 rings (SSSR count). The lowest BCUT2D eigenvalue weighted by Crippen LogP contribution is -2.37. The standard InChI is InChI=1S/C25H47N3O2.H3N/c1-5-6-7-8-9-10-11-12-13-14-15-16-17-18-19-24-26-22(21-28(24)4)20-23(25(29)30)27(2)3;/h21,23H,5-20H2,1-4H3,(H,29,30);1H3. The van der Waals surface area contributed by atoms with Crippen LogP contribution < -0.4 is 6.15 Å². The highest BCUT2D eigenvalue weighted by Crippen LogP contribution is 2.14. The van der Waals surface area contributed by atoms with E-state index in [0.29, 0.717) is 6.42 Å². The first-order valence-corrected chi connectivity index (χ1v) is 12.4. The van der Waals surface area contributed by atoms with Gasteiger partial charge in [-0.25, -0.2) is 4.98 Å². The third kappa shape index (κ3) is 13.6. The van der Waals surface area contributed by atoms with Crippen LogP contribution >= 0.6 is 0 Å². The van der Waals surface area contributed by atoms with E-state index in [-0.39, 0.29) is 6.15 Å². The van der Waals surface area contributed by atoms with Gasteiger partial charge in [-0.15, -0.1) is 0 Å². The summed E-state index contributed by atoms with van der Waals surface area (Å²) in [4.78, 5) is 17.8. The predicted octanol–water partition coefficient (Wildman–Crippen LogP) is 6.16. The molecular weight excluding hydrogens is 388 g/mol. The maximum absolute atomic E-state index is 11.4. The van der Waals surface area contributed by atoms with Crippen LogP contribution in [0, 0.1) is 0 Å². The van der Waals surface area contributed by atoms with E-state index in [2.05, 4.69) is 16.5 Å². The predicted molar refractivity (Wildman–Crippen MR) is 131 cm³/mol. The first-order valence-electron chi connectivity index (χ1n) is 12.4. The van der Waals surface area contributed by atoms with E-state index in [1.165, 1.54) is 83.5 Å². The van der Waals surface area contributed by atoms with Crippen molar-refractivity contribution in [1.82, 2.24) is 20.6 Å². The summed E-state index contributed by atoms with van der Waals surface area (Å²) >= 11 is 0. The van der Waals surface area contributed by atoms with Crippen LogP contribution in [0.2, 0.25) is 0 Å². The van der Waals surface area contributed by atoms with Crippen molar-refractivity contribution in [2.24, 2.45) is 7.05 Å². The Kier molecular flexibility index (Phi) is 17.4. The molecule has 0 aromatic carbocycles. The van der Waals surface area contributed by atoms with Crippen molar-refractivity contribution in [3.8, 4) is 0 Å². The zero-order chi connectivity index (χ0) is 22.2. The van der Waals surface area contributed by atoms with Gasteiger partial charge in [0.05, 0.1) is 5.69 Å². The van der Waals surface area contributed by atoms with Gasteiger partial charge in [0.2, 0.25) is 0 Å². The van der Waals surface area contributed by atoms with Gasteiger partial charge in [0, 0.05) is 26.1 Å². The number of rotatable bonds is 19. The molecule has 31 heavy (non-hydrogen) atoms. The van der Waals surface area contributed by atoms with Crippen LogP contribution in [0.4, 0.5) is 0 Å². The maximum atomic E-state index is 11.4. The maximum Gasteiger partial charge on any atom is 0.321 e. The number of carbonyl (C=O) groups is 1. The van der Waals surface area contributed by atoms with Crippen molar-refractivity contribution in [2.75, 3.05) is 14.1 Å². The average molecular weight is 439 g/mol. The van der Waals surface area contributed by atoms with Crippen LogP contribution in [0.5, 0.6) is 0 Å². The van der Waals surface area contributed by atoms with Gasteiger partial charge in [0.1, 0.15) is 11.9 Å². The topological polar surface area (TPSA) is 93.4 Å². The number of aryl methyl sites for hydroxylation is 2. The van der Waals surface area contributed by atoms with Crippen molar-refractivity contribution < 1.29 is 9.90 Å². The van der Waals surface area contributed by atoms with Crippen molar-refractivity contribution in [1.29, 1.82) is 0 Å². The lowest BCUT2D eigenvalue weighted by atomic mass is 10.0. The molecule has 0 aliphatic heterocycles. The molecule has 6 heteroatoms. The summed E-state index contributed by atoms with van der Waals surface area (Å²) in [5, 5.41) is 9.35. The lowest BCUT2D eigenvalue weighted by Gasteiger charge is -2.18. The summed E-state index contributed by atoms with van der Waals surface area (Å²) in [7, 11) is 5.62. The SMILES string of the molecule is CCCCCCCCCCCCCCCCc1nc(CC(C(=O)O)N(C)C)cn1C.N. The highest BCUT2D eigenvalue weighted by atomic mass is 16.4. The normalized spacial score (nSPS) is 12.2. The quantitative estimate of drug-likeness (QED) is 0.252. The second kappa shape index (κ2) is 18.2. The highest BCUT2D eigenvalue weighted by Gasteiger charge is 2.21. The molecule has 1 aromatic heterocycles. The van der Waals surface area contributed by atoms with Gasteiger partial charge in [-0.2, -0.15) is 0 Å². The molecule has 0 amide bonds. The Hall–Kier alpha value is -1.40. The van der Waals surface area contributed by atoms with Crippen LogP contribution in [0.1, 0.15) is 108 Å². The van der Waals surface area contributed by atoms with E-state index in [4.69, 9.17) is 0 Å². The molecule has 1 unspecified atom stereocenters. The van der Waals surface area contributed by atoms with Crippen LogP contribution in [-0.4, -0.2) is 45.7 Å². The van der Waals surface area contributed by atoms with Gasteiger partial charge in [0.25, 0.3) is 0 Å². The zero-order valence-corrected chi connectivity index (χ0v) is 20.9. The molecule has 0 aliphatic rings. The van der Waals surface area contributed by atoms with Crippen LogP contribution in [0.25, 0.3) is 0 Å². The monoisotopic (exact) mass is 438 g/mol. The van der Waals surface area contributed by atoms with E-state index in [1.54, 1.807) is 19.0 Å². The third-order valence-electron chi connectivity index (χ3n) is 6.09. The molecule has 1 aromatic rings. The van der Waals surface area contributed by atoms with Gasteiger partial charge in [-0.1, -0.05) is 90.4 Å². The molecule has 4 N–H and O–H groups in total. The van der Waals surface area contributed by atoms with Crippen molar-refractivity contribution in [3.63, 3.8) is 0 Å². The fourth-order valence-electron chi connectivity index (χ4n) is 4.07. The molecule has 182 valence electrons. The molecule has 0 aliphatic carbocycles. The molecule has 0 saturated heterocycles. The van der Waals surface area contributed by atoms with Crippen molar-refractivity contribution >= 4 is 5.97 Å². The molecule has 0 radical (unpaired) electrons. The number of hydrogen-bond donors (Lipinski definition) is 2. The number of carboxylic acid groups (broad SMARTS) is 1. The average Bonchev–Trinajstić information content (AvgIpc) is 3.05. The van der Waals surface area contributed by atoms with Crippen LogP contribution in [-0.2, 0) is 24.7 Å². The Morgan fingerprint density at radius 3 is 1.81 bits per heavy atom. The molecule has 0 spiro atoms. The minimum absolute atomic E-state index is 0. The van der Waals surface area contributed by atoms with Gasteiger partial charge >= 0.3 is 5.97 Å². The fourth-order valence-corrected chi connectivity index (χ4v) is 4.07. The van der Waals surface area contributed by atoms with E-state index < -0.39 is 12.0 Å². The van der Waals surface area contributed by atoms with Crippen molar-refractivity contribution in [3.05, 3.63) is 17.7 Å². The number of imidazole rings is 1. The van der Waals surface area contributed by atoms with E-state index in [9.17, 15) is 9.90 Å². The van der Waals surface area contributed by atoms with E-state index in [0.717, 1.165) is 24.4 Å². The molecule has 0 saturated carbocycles. The first-order chi connectivity index (χ1) is 14.5. The number of aliphatic carboxylic acids is 1. The first kappa shape index (κ1) is 29.6. The van der Waals surface area contributed by atoms with E-state index in [1.807, 2.05) is 13.2 Å². The fraction of sp³-hybridized carbons (Fsp3) is 0.840. The molecule has 0 bridgehead atoms. The number of likely N-dealkylation sites (N-methyl/N-ethyl adjacent to an activating group) is 1. The summed E-state index contributed by atoms with van der Waals surface area (Å²) < 4.78 is 2.06. The Morgan fingerprint density at radius 2 is 1.39 bits per heavy atom. The largest absolute Gasteiger partial charge is 0.480 e.